The summed E-state index contributed by atoms with van der Waals surface area (Å²) in [6.07, 6.45) is 6.98. The maximum atomic E-state index is 5.98. The van der Waals surface area contributed by atoms with Gasteiger partial charge in [0.05, 0.1) is 12.3 Å². The third-order valence-electron chi connectivity index (χ3n) is 3.36. The van der Waals surface area contributed by atoms with Crippen LogP contribution in [0.5, 0.6) is 5.75 Å². The fraction of sp³-hybridized carbons (Fsp3) is 0.333. The molecule has 1 aromatic heterocycles. The van der Waals surface area contributed by atoms with Crippen molar-refractivity contribution >= 4 is 28.5 Å². The second-order valence-corrected chi connectivity index (χ2v) is 5.90. The lowest BCUT2D eigenvalue weighted by atomic mass is 10.2. The molecule has 1 heterocycles. The largest absolute Gasteiger partial charge is 0.490 e. The summed E-state index contributed by atoms with van der Waals surface area (Å²) in [6, 6.07) is 7.96. The molecule has 110 valence electrons. The van der Waals surface area contributed by atoms with Crippen LogP contribution in [0.4, 0.5) is 10.9 Å². The first kappa shape index (κ1) is 13.9. The fourth-order valence-corrected chi connectivity index (χ4v) is 2.91. The van der Waals surface area contributed by atoms with Gasteiger partial charge in [0.1, 0.15) is 11.6 Å². The van der Waals surface area contributed by atoms with Crippen molar-refractivity contribution in [1.82, 2.24) is 4.98 Å². The maximum absolute atomic E-state index is 5.98. The number of nitrogens with two attached hydrogens (primary N) is 1. The first-order valence-corrected chi connectivity index (χ1v) is 7.94. The van der Waals surface area contributed by atoms with Crippen molar-refractivity contribution in [2.45, 2.75) is 31.8 Å². The van der Waals surface area contributed by atoms with Crippen molar-refractivity contribution in [3.8, 4) is 5.75 Å². The van der Waals surface area contributed by atoms with Crippen molar-refractivity contribution in [2.24, 2.45) is 5.10 Å². The summed E-state index contributed by atoms with van der Waals surface area (Å²) in [6.45, 7) is 0. The molecule has 1 fully saturated rings. The molecule has 3 rings (SSSR count). The Balaban J connectivity index is 1.59. The monoisotopic (exact) mass is 302 g/mol. The molecule has 21 heavy (non-hydrogen) atoms. The number of hydrazone groups is 1. The van der Waals surface area contributed by atoms with E-state index in [2.05, 4.69) is 15.5 Å². The predicted molar refractivity (Wildman–Crippen MR) is 87.1 cm³/mol. The summed E-state index contributed by atoms with van der Waals surface area (Å²) in [5, 5.41) is 6.61. The molecule has 2 aromatic rings. The Labute approximate surface area is 127 Å². The molecule has 3 N–H and O–H groups in total. The van der Waals surface area contributed by atoms with Crippen LogP contribution in [0.1, 0.15) is 31.2 Å². The molecule has 0 bridgehead atoms. The highest BCUT2D eigenvalue weighted by atomic mass is 32.1. The summed E-state index contributed by atoms with van der Waals surface area (Å²) in [4.78, 5) is 4.07. The molecule has 0 amide bonds. The van der Waals surface area contributed by atoms with Crippen LogP contribution < -0.4 is 15.9 Å². The van der Waals surface area contributed by atoms with Crippen LogP contribution in [0.2, 0.25) is 0 Å². The summed E-state index contributed by atoms with van der Waals surface area (Å²) in [7, 11) is 0. The first-order chi connectivity index (χ1) is 10.3. The number of nitrogen functional groups attached to an aromatic ring is 1. The van der Waals surface area contributed by atoms with E-state index in [0.29, 0.717) is 17.1 Å². The summed E-state index contributed by atoms with van der Waals surface area (Å²) < 4.78 is 5.98. The predicted octanol–water partition coefficient (Wildman–Crippen LogP) is 3.49. The first-order valence-electron chi connectivity index (χ1n) is 7.06. The van der Waals surface area contributed by atoms with E-state index in [-0.39, 0.29) is 0 Å². The highest BCUT2D eigenvalue weighted by molar-refractivity contribution is 7.14. The van der Waals surface area contributed by atoms with Gasteiger partial charge in [-0.3, -0.25) is 5.43 Å². The van der Waals surface area contributed by atoms with Gasteiger partial charge in [0.2, 0.25) is 5.13 Å². The SMILES string of the molecule is Nc1csc(NN=Cc2cccc(OC3CCCC3)c2)n1. The smallest absolute Gasteiger partial charge is 0.205 e. The van der Waals surface area contributed by atoms with Crippen LogP contribution in [0, 0.1) is 0 Å². The molecular formula is C15H18N4OS. The lowest BCUT2D eigenvalue weighted by Gasteiger charge is -2.13. The number of benzene rings is 1. The van der Waals surface area contributed by atoms with Crippen LogP contribution in [0.15, 0.2) is 34.7 Å². The highest BCUT2D eigenvalue weighted by Crippen LogP contribution is 2.24. The van der Waals surface area contributed by atoms with Crippen LogP contribution in [0.25, 0.3) is 0 Å². The average Bonchev–Trinajstić information content (AvgIpc) is 3.11. The molecule has 1 aliphatic carbocycles. The van der Waals surface area contributed by atoms with Crippen molar-refractivity contribution in [3.05, 3.63) is 35.2 Å². The van der Waals surface area contributed by atoms with E-state index in [1.165, 1.54) is 24.2 Å². The Kier molecular flexibility index (Phi) is 4.35. The molecule has 0 spiro atoms. The standard InChI is InChI=1S/C15H18N4OS/c16-14-10-21-15(18-14)19-17-9-11-4-3-7-13(8-11)20-12-5-1-2-6-12/h3-4,7-10,12H,1-2,5-6,16H2,(H,18,19). The number of aromatic nitrogens is 1. The Hall–Kier alpha value is -2.08. The minimum atomic E-state index is 0.369. The number of nitrogens with zero attached hydrogens (tertiary/aromatic N) is 2. The van der Waals surface area contributed by atoms with Crippen LogP contribution in [-0.2, 0) is 0 Å². The summed E-state index contributed by atoms with van der Waals surface area (Å²) >= 11 is 1.42. The zero-order valence-electron chi connectivity index (χ0n) is 11.7. The Morgan fingerprint density at radius 1 is 1.38 bits per heavy atom. The highest BCUT2D eigenvalue weighted by Gasteiger charge is 2.16. The fourth-order valence-electron chi connectivity index (χ4n) is 2.37. The number of anilines is 2. The van der Waals surface area contributed by atoms with Crippen molar-refractivity contribution in [1.29, 1.82) is 0 Å². The van der Waals surface area contributed by atoms with Crippen molar-refractivity contribution in [2.75, 3.05) is 11.2 Å². The van der Waals surface area contributed by atoms with Gasteiger partial charge in [0, 0.05) is 5.38 Å². The van der Waals surface area contributed by atoms with E-state index in [9.17, 15) is 0 Å². The van der Waals surface area contributed by atoms with Gasteiger partial charge >= 0.3 is 0 Å². The van der Waals surface area contributed by atoms with Gasteiger partial charge in [-0.2, -0.15) is 5.10 Å². The van der Waals surface area contributed by atoms with Gasteiger partial charge in [-0.05, 0) is 43.4 Å². The number of nitrogens with one attached hydrogen (secondary N) is 1. The Bertz CT molecular complexity index is 620. The Morgan fingerprint density at radius 2 is 2.24 bits per heavy atom. The van der Waals surface area contributed by atoms with E-state index in [1.54, 1.807) is 11.6 Å². The molecule has 0 aliphatic heterocycles. The van der Waals surface area contributed by atoms with Gasteiger partial charge in [-0.15, -0.1) is 11.3 Å². The second kappa shape index (κ2) is 6.58. The zero-order chi connectivity index (χ0) is 14.5. The number of ether oxygens (including phenoxy) is 1. The third kappa shape index (κ3) is 3.95. The van der Waals surface area contributed by atoms with E-state index < -0.39 is 0 Å². The summed E-state index contributed by atoms with van der Waals surface area (Å²) in [5.74, 6) is 1.41. The lowest BCUT2D eigenvalue weighted by Crippen LogP contribution is -2.10. The Morgan fingerprint density at radius 3 is 3.00 bits per heavy atom. The third-order valence-corrected chi connectivity index (χ3v) is 4.12. The van der Waals surface area contributed by atoms with E-state index in [0.717, 1.165) is 24.2 Å². The molecule has 0 radical (unpaired) electrons. The van der Waals surface area contributed by atoms with Gasteiger partial charge in [-0.25, -0.2) is 4.98 Å². The lowest BCUT2D eigenvalue weighted by molar-refractivity contribution is 0.210. The maximum Gasteiger partial charge on any atom is 0.205 e. The molecule has 5 nitrogen and oxygen atoms in total. The number of rotatable bonds is 5. The molecule has 6 heteroatoms. The molecule has 0 unspecified atom stereocenters. The number of hydrogen-bond donors (Lipinski definition) is 2. The van der Waals surface area contributed by atoms with Crippen molar-refractivity contribution in [3.63, 3.8) is 0 Å². The molecule has 1 aliphatic rings. The quantitative estimate of drug-likeness (QED) is 0.655. The molecule has 1 aromatic carbocycles. The van der Waals surface area contributed by atoms with Gasteiger partial charge in [0.15, 0.2) is 0 Å². The number of hydrogen-bond acceptors (Lipinski definition) is 6. The topological polar surface area (TPSA) is 72.5 Å². The minimum absolute atomic E-state index is 0.369. The van der Waals surface area contributed by atoms with Crippen molar-refractivity contribution < 1.29 is 4.74 Å². The average molecular weight is 302 g/mol. The molecule has 0 atom stereocenters. The normalized spacial score (nSPS) is 15.6. The van der Waals surface area contributed by atoms with Crippen LogP contribution in [0.3, 0.4) is 0 Å². The zero-order valence-corrected chi connectivity index (χ0v) is 12.5. The molecule has 1 saturated carbocycles. The molecule has 0 saturated heterocycles. The van der Waals surface area contributed by atoms with Crippen LogP contribution >= 0.6 is 11.3 Å². The second-order valence-electron chi connectivity index (χ2n) is 5.04. The van der Waals surface area contributed by atoms with Gasteiger partial charge in [0.25, 0.3) is 0 Å². The van der Waals surface area contributed by atoms with Crippen LogP contribution in [-0.4, -0.2) is 17.3 Å². The van der Waals surface area contributed by atoms with E-state index >= 15 is 0 Å². The van der Waals surface area contributed by atoms with Gasteiger partial charge < -0.3 is 10.5 Å². The van der Waals surface area contributed by atoms with E-state index in [1.807, 2.05) is 24.3 Å². The minimum Gasteiger partial charge on any atom is -0.490 e. The number of thiazole rings is 1. The van der Waals surface area contributed by atoms with Gasteiger partial charge in [-0.1, -0.05) is 12.1 Å². The molecular weight excluding hydrogens is 284 g/mol. The van der Waals surface area contributed by atoms with E-state index in [4.69, 9.17) is 10.5 Å². The summed E-state index contributed by atoms with van der Waals surface area (Å²) in [5.41, 5.74) is 9.40.